The summed E-state index contributed by atoms with van der Waals surface area (Å²) in [7, 11) is 0. The zero-order chi connectivity index (χ0) is 14.4. The SMILES string of the molecule is O=C(NCCC(=O)N1CCNCC1)c1ccc(F)cc1. The van der Waals surface area contributed by atoms with Crippen molar-refractivity contribution < 1.29 is 14.0 Å². The monoisotopic (exact) mass is 279 g/mol. The van der Waals surface area contributed by atoms with Crippen LogP contribution in [0.5, 0.6) is 0 Å². The highest BCUT2D eigenvalue weighted by Crippen LogP contribution is 2.02. The van der Waals surface area contributed by atoms with E-state index in [0.29, 0.717) is 25.2 Å². The predicted molar refractivity (Wildman–Crippen MR) is 72.8 cm³/mol. The number of piperazine rings is 1. The number of hydrogen-bond donors (Lipinski definition) is 2. The van der Waals surface area contributed by atoms with Gasteiger partial charge in [-0.2, -0.15) is 0 Å². The van der Waals surface area contributed by atoms with Gasteiger partial charge < -0.3 is 15.5 Å². The summed E-state index contributed by atoms with van der Waals surface area (Å²) in [6, 6.07) is 5.31. The minimum Gasteiger partial charge on any atom is -0.352 e. The van der Waals surface area contributed by atoms with E-state index in [0.717, 1.165) is 13.1 Å². The summed E-state index contributed by atoms with van der Waals surface area (Å²) < 4.78 is 12.7. The number of nitrogens with one attached hydrogen (secondary N) is 2. The number of carbonyl (C=O) groups excluding carboxylic acids is 2. The fourth-order valence-corrected chi connectivity index (χ4v) is 2.06. The second-order valence-electron chi connectivity index (χ2n) is 4.64. The van der Waals surface area contributed by atoms with Crippen molar-refractivity contribution in [2.45, 2.75) is 6.42 Å². The number of rotatable bonds is 4. The molecular formula is C14H18FN3O2. The topological polar surface area (TPSA) is 61.4 Å². The molecule has 0 atom stereocenters. The van der Waals surface area contributed by atoms with Gasteiger partial charge in [0, 0.05) is 44.7 Å². The minimum absolute atomic E-state index is 0.0471. The van der Waals surface area contributed by atoms with Gasteiger partial charge in [-0.05, 0) is 24.3 Å². The molecule has 1 aromatic rings. The van der Waals surface area contributed by atoms with Gasteiger partial charge in [0.05, 0.1) is 0 Å². The van der Waals surface area contributed by atoms with E-state index in [1.807, 2.05) is 0 Å². The molecule has 1 aliphatic rings. The fraction of sp³-hybridized carbons (Fsp3) is 0.429. The van der Waals surface area contributed by atoms with Crippen LogP contribution in [0, 0.1) is 5.82 Å². The van der Waals surface area contributed by atoms with Gasteiger partial charge >= 0.3 is 0 Å². The van der Waals surface area contributed by atoms with Crippen LogP contribution in [-0.2, 0) is 4.79 Å². The molecule has 1 aliphatic heterocycles. The van der Waals surface area contributed by atoms with E-state index in [-0.39, 0.29) is 24.1 Å². The van der Waals surface area contributed by atoms with Crippen LogP contribution in [0.3, 0.4) is 0 Å². The molecule has 0 aromatic heterocycles. The lowest BCUT2D eigenvalue weighted by Gasteiger charge is -2.27. The van der Waals surface area contributed by atoms with Crippen molar-refractivity contribution in [3.63, 3.8) is 0 Å². The van der Waals surface area contributed by atoms with E-state index in [1.165, 1.54) is 24.3 Å². The first-order valence-corrected chi connectivity index (χ1v) is 6.69. The first-order valence-electron chi connectivity index (χ1n) is 6.69. The Morgan fingerprint density at radius 1 is 1.20 bits per heavy atom. The Morgan fingerprint density at radius 2 is 1.85 bits per heavy atom. The summed E-state index contributed by atoms with van der Waals surface area (Å²) in [5, 5.41) is 5.84. The molecular weight excluding hydrogens is 261 g/mol. The van der Waals surface area contributed by atoms with E-state index in [1.54, 1.807) is 4.90 Å². The molecule has 2 N–H and O–H groups in total. The van der Waals surface area contributed by atoms with Crippen LogP contribution in [0.25, 0.3) is 0 Å². The molecule has 2 rings (SSSR count). The summed E-state index contributed by atoms with van der Waals surface area (Å²) in [6.07, 6.45) is 0.285. The van der Waals surface area contributed by atoms with Crippen LogP contribution in [0.15, 0.2) is 24.3 Å². The van der Waals surface area contributed by atoms with Crippen LogP contribution < -0.4 is 10.6 Å². The zero-order valence-corrected chi connectivity index (χ0v) is 11.2. The van der Waals surface area contributed by atoms with Crippen molar-refractivity contribution in [1.29, 1.82) is 0 Å². The second-order valence-corrected chi connectivity index (χ2v) is 4.64. The largest absolute Gasteiger partial charge is 0.352 e. The molecule has 0 aliphatic carbocycles. The molecule has 2 amide bonds. The third-order valence-electron chi connectivity index (χ3n) is 3.20. The summed E-state index contributed by atoms with van der Waals surface area (Å²) in [5.74, 6) is -0.626. The van der Waals surface area contributed by atoms with E-state index in [2.05, 4.69) is 10.6 Å². The molecule has 1 aromatic carbocycles. The molecule has 20 heavy (non-hydrogen) atoms. The molecule has 1 fully saturated rings. The van der Waals surface area contributed by atoms with E-state index in [9.17, 15) is 14.0 Å². The Labute approximate surface area is 117 Å². The van der Waals surface area contributed by atoms with Gasteiger partial charge in [-0.15, -0.1) is 0 Å². The number of hydrogen-bond acceptors (Lipinski definition) is 3. The number of benzene rings is 1. The van der Waals surface area contributed by atoms with Crippen molar-refractivity contribution in [3.8, 4) is 0 Å². The maximum Gasteiger partial charge on any atom is 0.251 e. The van der Waals surface area contributed by atoms with Gasteiger partial charge in [0.2, 0.25) is 5.91 Å². The van der Waals surface area contributed by atoms with Gasteiger partial charge in [0.25, 0.3) is 5.91 Å². The lowest BCUT2D eigenvalue weighted by molar-refractivity contribution is -0.131. The maximum atomic E-state index is 12.7. The van der Waals surface area contributed by atoms with E-state index in [4.69, 9.17) is 0 Å². The highest BCUT2D eigenvalue weighted by molar-refractivity contribution is 5.94. The molecule has 0 saturated carbocycles. The Kier molecular flexibility index (Phi) is 5.06. The molecule has 0 radical (unpaired) electrons. The molecule has 0 spiro atoms. The summed E-state index contributed by atoms with van der Waals surface area (Å²) >= 11 is 0. The molecule has 1 saturated heterocycles. The number of halogens is 1. The number of carbonyl (C=O) groups is 2. The average molecular weight is 279 g/mol. The molecule has 0 unspecified atom stereocenters. The Bertz CT molecular complexity index is 470. The van der Waals surface area contributed by atoms with Crippen LogP contribution in [0.2, 0.25) is 0 Å². The lowest BCUT2D eigenvalue weighted by Crippen LogP contribution is -2.47. The molecule has 0 bridgehead atoms. The van der Waals surface area contributed by atoms with Crippen molar-refractivity contribution in [2.75, 3.05) is 32.7 Å². The minimum atomic E-state index is -0.379. The van der Waals surface area contributed by atoms with Gasteiger partial charge in [-0.1, -0.05) is 0 Å². The van der Waals surface area contributed by atoms with Crippen molar-refractivity contribution >= 4 is 11.8 Å². The molecule has 1 heterocycles. The van der Waals surface area contributed by atoms with Gasteiger partial charge in [0.1, 0.15) is 5.82 Å². The highest BCUT2D eigenvalue weighted by atomic mass is 19.1. The van der Waals surface area contributed by atoms with E-state index < -0.39 is 0 Å². The van der Waals surface area contributed by atoms with E-state index >= 15 is 0 Å². The summed E-state index contributed by atoms with van der Waals surface area (Å²) in [5.41, 5.74) is 0.390. The quantitative estimate of drug-likeness (QED) is 0.837. The van der Waals surface area contributed by atoms with Crippen molar-refractivity contribution in [2.24, 2.45) is 0 Å². The Hall–Kier alpha value is -1.95. The van der Waals surface area contributed by atoms with Crippen LogP contribution in [0.4, 0.5) is 4.39 Å². The van der Waals surface area contributed by atoms with Crippen molar-refractivity contribution in [3.05, 3.63) is 35.6 Å². The smallest absolute Gasteiger partial charge is 0.251 e. The van der Waals surface area contributed by atoms with Crippen LogP contribution in [0.1, 0.15) is 16.8 Å². The highest BCUT2D eigenvalue weighted by Gasteiger charge is 2.15. The lowest BCUT2D eigenvalue weighted by atomic mass is 10.2. The molecule has 108 valence electrons. The van der Waals surface area contributed by atoms with Gasteiger partial charge in [0.15, 0.2) is 0 Å². The van der Waals surface area contributed by atoms with Crippen molar-refractivity contribution in [1.82, 2.24) is 15.5 Å². The molecule has 5 nitrogen and oxygen atoms in total. The zero-order valence-electron chi connectivity index (χ0n) is 11.2. The molecule has 6 heteroatoms. The third-order valence-corrected chi connectivity index (χ3v) is 3.20. The first kappa shape index (κ1) is 14.5. The van der Waals surface area contributed by atoms with Gasteiger partial charge in [-0.25, -0.2) is 4.39 Å². The summed E-state index contributed by atoms with van der Waals surface area (Å²) in [6.45, 7) is 3.34. The fourth-order valence-electron chi connectivity index (χ4n) is 2.06. The maximum absolute atomic E-state index is 12.7. The first-order chi connectivity index (χ1) is 9.66. The Balaban J connectivity index is 1.73. The second kappa shape index (κ2) is 7.00. The number of amides is 2. The third kappa shape index (κ3) is 4.03. The van der Waals surface area contributed by atoms with Crippen LogP contribution >= 0.6 is 0 Å². The number of nitrogens with zero attached hydrogens (tertiary/aromatic N) is 1. The van der Waals surface area contributed by atoms with Crippen LogP contribution in [-0.4, -0.2) is 49.4 Å². The summed E-state index contributed by atoms with van der Waals surface area (Å²) in [4.78, 5) is 25.4. The standard InChI is InChI=1S/C14H18FN3O2/c15-12-3-1-11(2-4-12)14(20)17-6-5-13(19)18-9-7-16-8-10-18/h1-4,16H,5-10H2,(H,17,20). The average Bonchev–Trinajstić information content (AvgIpc) is 2.48. The van der Waals surface area contributed by atoms with Gasteiger partial charge in [-0.3, -0.25) is 9.59 Å². The Morgan fingerprint density at radius 3 is 2.50 bits per heavy atom. The predicted octanol–water partition coefficient (Wildman–Crippen LogP) is 0.377. The normalized spacial score (nSPS) is 14.9.